The highest BCUT2D eigenvalue weighted by atomic mass is 16.5. The van der Waals surface area contributed by atoms with Crippen LogP contribution in [0, 0.1) is 24.2 Å². The van der Waals surface area contributed by atoms with Crippen molar-refractivity contribution in [3.8, 4) is 6.07 Å². The van der Waals surface area contributed by atoms with E-state index in [1.807, 2.05) is 39.0 Å². The normalized spacial score (nSPS) is 16.0. The molecule has 1 saturated heterocycles. The molecule has 1 fully saturated rings. The number of nitrogens with one attached hydrogen (secondary N) is 2. The molecule has 2 N–H and O–H groups in total. The predicted octanol–water partition coefficient (Wildman–Crippen LogP) is 3.81. The van der Waals surface area contributed by atoms with E-state index in [9.17, 15) is 14.9 Å². The van der Waals surface area contributed by atoms with E-state index in [1.54, 1.807) is 12.3 Å². The summed E-state index contributed by atoms with van der Waals surface area (Å²) in [6, 6.07) is 9.57. The van der Waals surface area contributed by atoms with Crippen LogP contribution in [0.25, 0.3) is 0 Å². The molecule has 7 heteroatoms. The Morgan fingerprint density at radius 3 is 2.87 bits per heavy atom. The second-order valence-electron chi connectivity index (χ2n) is 7.89. The summed E-state index contributed by atoms with van der Waals surface area (Å²) in [5.74, 6) is 0.356. The lowest BCUT2D eigenvalue weighted by atomic mass is 9.97. The molecule has 2 heterocycles. The van der Waals surface area contributed by atoms with Crippen LogP contribution in [0.5, 0.6) is 0 Å². The Labute approximate surface area is 176 Å². The van der Waals surface area contributed by atoms with E-state index in [4.69, 9.17) is 4.74 Å². The largest absolute Gasteiger partial charge is 0.466 e. The quantitative estimate of drug-likeness (QED) is 0.707. The third-order valence-electron chi connectivity index (χ3n) is 5.16. The van der Waals surface area contributed by atoms with Crippen molar-refractivity contribution in [2.75, 3.05) is 18.5 Å². The van der Waals surface area contributed by atoms with Gasteiger partial charge in [0.15, 0.2) is 0 Å². The number of anilines is 2. The number of carbonyl (C=O) groups excluding carboxylic acids is 2. The van der Waals surface area contributed by atoms with Crippen LogP contribution in [0.4, 0.5) is 11.5 Å². The van der Waals surface area contributed by atoms with Crippen LogP contribution in [0.3, 0.4) is 0 Å². The third kappa shape index (κ3) is 5.15. The lowest BCUT2D eigenvalue weighted by Gasteiger charge is -2.22. The first-order valence-corrected chi connectivity index (χ1v) is 10.1. The minimum Gasteiger partial charge on any atom is -0.466 e. The monoisotopic (exact) mass is 406 g/mol. The number of benzene rings is 1. The zero-order valence-electron chi connectivity index (χ0n) is 17.5. The van der Waals surface area contributed by atoms with Gasteiger partial charge in [0.1, 0.15) is 11.9 Å². The number of hydrogen-bond donors (Lipinski definition) is 2. The van der Waals surface area contributed by atoms with Crippen LogP contribution in [-0.4, -0.2) is 30.0 Å². The summed E-state index contributed by atoms with van der Waals surface area (Å²) in [6.07, 6.45) is 2.64. The fourth-order valence-corrected chi connectivity index (χ4v) is 3.45. The molecule has 3 rings (SSSR count). The minimum absolute atomic E-state index is 0.0947. The molecule has 7 nitrogen and oxygen atoms in total. The highest BCUT2D eigenvalue weighted by molar-refractivity contribution is 5.96. The number of hydrogen-bond acceptors (Lipinski definition) is 6. The van der Waals surface area contributed by atoms with Gasteiger partial charge in [-0.2, -0.15) is 5.26 Å². The molecule has 0 saturated carbocycles. The van der Waals surface area contributed by atoms with Gasteiger partial charge in [0.2, 0.25) is 0 Å². The number of esters is 1. The van der Waals surface area contributed by atoms with Crippen molar-refractivity contribution in [1.29, 1.82) is 5.26 Å². The van der Waals surface area contributed by atoms with Crippen LogP contribution in [-0.2, 0) is 9.53 Å². The summed E-state index contributed by atoms with van der Waals surface area (Å²) in [6.45, 7) is 6.82. The average molecular weight is 406 g/mol. The summed E-state index contributed by atoms with van der Waals surface area (Å²) < 4.78 is 4.95. The molecule has 30 heavy (non-hydrogen) atoms. The van der Waals surface area contributed by atoms with Crippen LogP contribution in [0.15, 0.2) is 30.5 Å². The fourth-order valence-electron chi connectivity index (χ4n) is 3.45. The third-order valence-corrected chi connectivity index (χ3v) is 5.16. The van der Waals surface area contributed by atoms with Crippen molar-refractivity contribution in [3.63, 3.8) is 0 Å². The Morgan fingerprint density at radius 2 is 2.17 bits per heavy atom. The fraction of sp³-hybridized carbons (Fsp3) is 0.391. The van der Waals surface area contributed by atoms with Crippen molar-refractivity contribution in [1.82, 2.24) is 10.3 Å². The predicted molar refractivity (Wildman–Crippen MR) is 114 cm³/mol. The Bertz CT molecular complexity index is 994. The lowest BCUT2D eigenvalue weighted by molar-refractivity contribution is -0.149. The smallest absolute Gasteiger partial charge is 0.306 e. The number of cyclic esters (lactones) is 1. The standard InChI is InChI=1S/C23H26N4O3/c1-14(2)18-10-21(27-20-8-15(3)4-5-17(20)11-24)25-13-19(18)23(29)26-12-16-6-7-30-22(28)9-16/h4-5,8,10,13-14,16H,6-7,9,12H2,1-3H3,(H,25,27)(H,26,29). The van der Waals surface area contributed by atoms with E-state index in [0.717, 1.165) is 17.5 Å². The number of amides is 1. The average Bonchev–Trinajstić information content (AvgIpc) is 2.72. The molecule has 1 aromatic heterocycles. The first-order chi connectivity index (χ1) is 14.4. The number of rotatable bonds is 6. The van der Waals surface area contributed by atoms with E-state index in [0.29, 0.717) is 42.2 Å². The van der Waals surface area contributed by atoms with E-state index < -0.39 is 0 Å². The summed E-state index contributed by atoms with van der Waals surface area (Å²) in [7, 11) is 0. The number of ether oxygens (including phenoxy) is 1. The first-order valence-electron chi connectivity index (χ1n) is 10.1. The summed E-state index contributed by atoms with van der Waals surface area (Å²) in [5, 5.41) is 15.5. The van der Waals surface area contributed by atoms with Crippen LogP contribution in [0.2, 0.25) is 0 Å². The van der Waals surface area contributed by atoms with Crippen molar-refractivity contribution >= 4 is 23.4 Å². The number of carbonyl (C=O) groups is 2. The van der Waals surface area contributed by atoms with Gasteiger partial charge in [-0.15, -0.1) is 0 Å². The molecular weight excluding hydrogens is 380 g/mol. The van der Waals surface area contributed by atoms with Gasteiger partial charge in [0.05, 0.1) is 29.8 Å². The summed E-state index contributed by atoms with van der Waals surface area (Å²) in [5.41, 5.74) is 3.61. The number of nitriles is 1. The molecule has 1 unspecified atom stereocenters. The Morgan fingerprint density at radius 1 is 1.37 bits per heavy atom. The Balaban J connectivity index is 1.76. The van der Waals surface area contributed by atoms with Crippen molar-refractivity contribution in [2.45, 2.75) is 39.5 Å². The van der Waals surface area contributed by atoms with Crippen LogP contribution in [0.1, 0.15) is 59.7 Å². The Kier molecular flexibility index (Phi) is 6.68. The molecule has 0 spiro atoms. The second kappa shape index (κ2) is 9.40. The van der Waals surface area contributed by atoms with E-state index in [-0.39, 0.29) is 23.7 Å². The van der Waals surface area contributed by atoms with Gasteiger partial charge < -0.3 is 15.4 Å². The van der Waals surface area contributed by atoms with Gasteiger partial charge in [0.25, 0.3) is 5.91 Å². The van der Waals surface area contributed by atoms with Gasteiger partial charge in [0, 0.05) is 12.7 Å². The van der Waals surface area contributed by atoms with Crippen LogP contribution >= 0.6 is 0 Å². The van der Waals surface area contributed by atoms with E-state index in [1.165, 1.54) is 0 Å². The topological polar surface area (TPSA) is 104 Å². The first kappa shape index (κ1) is 21.3. The van der Waals surface area contributed by atoms with Gasteiger partial charge in [-0.1, -0.05) is 19.9 Å². The Hall–Kier alpha value is -3.40. The lowest BCUT2D eigenvalue weighted by Crippen LogP contribution is -2.34. The maximum absolute atomic E-state index is 12.8. The van der Waals surface area contributed by atoms with Crippen molar-refractivity contribution in [3.05, 3.63) is 52.7 Å². The van der Waals surface area contributed by atoms with Gasteiger partial charge in [-0.3, -0.25) is 9.59 Å². The molecule has 2 aromatic rings. The van der Waals surface area contributed by atoms with Gasteiger partial charge >= 0.3 is 5.97 Å². The molecule has 1 aromatic carbocycles. The molecule has 0 aliphatic carbocycles. The van der Waals surface area contributed by atoms with Crippen LogP contribution < -0.4 is 10.6 Å². The second-order valence-corrected chi connectivity index (χ2v) is 7.89. The summed E-state index contributed by atoms with van der Waals surface area (Å²) >= 11 is 0. The van der Waals surface area contributed by atoms with E-state index >= 15 is 0 Å². The number of aromatic nitrogens is 1. The summed E-state index contributed by atoms with van der Waals surface area (Å²) in [4.78, 5) is 28.6. The molecule has 1 atom stereocenters. The maximum atomic E-state index is 12.8. The maximum Gasteiger partial charge on any atom is 0.306 e. The highest BCUT2D eigenvalue weighted by Gasteiger charge is 2.22. The number of aryl methyl sites for hydroxylation is 1. The zero-order chi connectivity index (χ0) is 21.7. The number of nitrogens with zero attached hydrogens (tertiary/aromatic N) is 2. The SMILES string of the molecule is Cc1ccc(C#N)c(Nc2cc(C(C)C)c(C(=O)NCC3CCOC(=O)C3)cn2)c1. The molecule has 1 aliphatic rings. The molecule has 0 radical (unpaired) electrons. The van der Waals surface area contributed by atoms with Crippen molar-refractivity contribution < 1.29 is 14.3 Å². The molecular formula is C23H26N4O3. The molecule has 156 valence electrons. The minimum atomic E-state index is -0.214. The number of pyridine rings is 1. The van der Waals surface area contributed by atoms with Gasteiger partial charge in [-0.25, -0.2) is 4.98 Å². The zero-order valence-corrected chi connectivity index (χ0v) is 17.5. The highest BCUT2D eigenvalue weighted by Crippen LogP contribution is 2.26. The molecule has 1 amide bonds. The molecule has 1 aliphatic heterocycles. The van der Waals surface area contributed by atoms with Gasteiger partial charge in [-0.05, 0) is 54.5 Å². The van der Waals surface area contributed by atoms with Crippen molar-refractivity contribution in [2.24, 2.45) is 5.92 Å². The van der Waals surface area contributed by atoms with E-state index in [2.05, 4.69) is 21.7 Å². The molecule has 0 bridgehead atoms.